The van der Waals surface area contributed by atoms with E-state index in [4.69, 9.17) is 19.2 Å². The SMILES string of the molecule is CCOC(=O)/C(C#N)=C/c1cccc(OC(=O)c2cc3ccccc3oc2=O)c1. The van der Waals surface area contributed by atoms with Crippen LogP contribution in [0.1, 0.15) is 22.8 Å². The van der Waals surface area contributed by atoms with Gasteiger partial charge in [0.05, 0.1) is 6.61 Å². The van der Waals surface area contributed by atoms with E-state index < -0.39 is 17.6 Å². The van der Waals surface area contributed by atoms with E-state index >= 15 is 0 Å². The molecule has 0 atom stereocenters. The van der Waals surface area contributed by atoms with Gasteiger partial charge in [-0.1, -0.05) is 30.3 Å². The van der Waals surface area contributed by atoms with Gasteiger partial charge in [0.2, 0.25) is 0 Å². The first-order valence-electron chi connectivity index (χ1n) is 8.66. The van der Waals surface area contributed by atoms with Crippen molar-refractivity contribution < 1.29 is 23.5 Å². The first-order chi connectivity index (χ1) is 14.0. The van der Waals surface area contributed by atoms with Gasteiger partial charge >= 0.3 is 17.6 Å². The summed E-state index contributed by atoms with van der Waals surface area (Å²) in [5, 5.41) is 9.70. The van der Waals surface area contributed by atoms with Crippen LogP contribution in [0.3, 0.4) is 0 Å². The standard InChI is InChI=1S/C22H15NO6/c1-2-27-20(24)16(13-23)10-14-6-5-8-17(11-14)28-21(25)18-12-15-7-3-4-9-19(15)29-22(18)26/h3-12H,2H2,1H3/b16-10+. The van der Waals surface area contributed by atoms with Crippen LogP contribution in [-0.2, 0) is 9.53 Å². The average molecular weight is 389 g/mol. The highest BCUT2D eigenvalue weighted by Crippen LogP contribution is 2.19. The van der Waals surface area contributed by atoms with Gasteiger partial charge in [-0.25, -0.2) is 14.4 Å². The van der Waals surface area contributed by atoms with E-state index in [1.165, 1.54) is 24.3 Å². The predicted octanol–water partition coefficient (Wildman–Crippen LogP) is 3.48. The van der Waals surface area contributed by atoms with Crippen LogP contribution in [-0.4, -0.2) is 18.5 Å². The molecule has 0 radical (unpaired) electrons. The summed E-state index contributed by atoms with van der Waals surface area (Å²) in [4.78, 5) is 36.3. The molecule has 3 rings (SSSR count). The monoisotopic (exact) mass is 389 g/mol. The van der Waals surface area contributed by atoms with Crippen LogP contribution >= 0.6 is 0 Å². The molecule has 0 spiro atoms. The summed E-state index contributed by atoms with van der Waals surface area (Å²) < 4.78 is 15.2. The maximum atomic E-state index is 12.4. The van der Waals surface area contributed by atoms with Gasteiger partial charge in [-0.05, 0) is 42.8 Å². The van der Waals surface area contributed by atoms with Gasteiger partial charge in [-0.15, -0.1) is 0 Å². The number of ether oxygens (including phenoxy) is 2. The van der Waals surface area contributed by atoms with E-state index in [-0.39, 0.29) is 23.5 Å². The minimum absolute atomic E-state index is 0.137. The minimum Gasteiger partial charge on any atom is -0.462 e. The molecule has 0 unspecified atom stereocenters. The Morgan fingerprint density at radius 3 is 2.69 bits per heavy atom. The highest BCUT2D eigenvalue weighted by molar-refractivity contribution is 5.98. The number of nitriles is 1. The second-order valence-corrected chi connectivity index (χ2v) is 5.84. The first-order valence-corrected chi connectivity index (χ1v) is 8.66. The fraction of sp³-hybridized carbons (Fsp3) is 0.0909. The van der Waals surface area contributed by atoms with Crippen molar-refractivity contribution in [2.24, 2.45) is 0 Å². The number of nitrogens with zero attached hydrogens (tertiary/aromatic N) is 1. The molecule has 0 aliphatic carbocycles. The van der Waals surface area contributed by atoms with Crippen LogP contribution in [0.2, 0.25) is 0 Å². The first kappa shape index (κ1) is 19.6. The van der Waals surface area contributed by atoms with Crippen LogP contribution in [0.4, 0.5) is 0 Å². The van der Waals surface area contributed by atoms with E-state index in [1.807, 2.05) is 0 Å². The number of para-hydroxylation sites is 1. The second-order valence-electron chi connectivity index (χ2n) is 5.84. The lowest BCUT2D eigenvalue weighted by atomic mass is 10.1. The average Bonchev–Trinajstić information content (AvgIpc) is 2.71. The summed E-state index contributed by atoms with van der Waals surface area (Å²) in [5.74, 6) is -1.49. The lowest BCUT2D eigenvalue weighted by Gasteiger charge is -2.06. The van der Waals surface area contributed by atoms with Gasteiger partial charge in [-0.3, -0.25) is 0 Å². The molecule has 144 valence electrons. The van der Waals surface area contributed by atoms with Crippen LogP contribution in [0.15, 0.2) is 69.4 Å². The van der Waals surface area contributed by atoms with Gasteiger partial charge in [0.25, 0.3) is 0 Å². The van der Waals surface area contributed by atoms with E-state index in [9.17, 15) is 14.4 Å². The van der Waals surface area contributed by atoms with Crippen molar-refractivity contribution in [3.05, 3.63) is 81.7 Å². The third-order valence-electron chi connectivity index (χ3n) is 3.86. The Bertz CT molecular complexity index is 1220. The Morgan fingerprint density at radius 1 is 1.14 bits per heavy atom. The van der Waals surface area contributed by atoms with Gasteiger partial charge in [0.15, 0.2) is 0 Å². The third-order valence-corrected chi connectivity index (χ3v) is 3.86. The highest BCUT2D eigenvalue weighted by atomic mass is 16.5. The number of hydrogen-bond donors (Lipinski definition) is 0. The number of esters is 2. The molecule has 3 aromatic rings. The van der Waals surface area contributed by atoms with E-state index in [0.29, 0.717) is 16.5 Å². The van der Waals surface area contributed by atoms with Gasteiger partial charge < -0.3 is 13.9 Å². The summed E-state index contributed by atoms with van der Waals surface area (Å²) in [6, 6.07) is 16.1. The lowest BCUT2D eigenvalue weighted by Crippen LogP contribution is -2.18. The Kier molecular flexibility index (Phi) is 5.85. The van der Waals surface area contributed by atoms with Crippen LogP contribution in [0, 0.1) is 11.3 Å². The van der Waals surface area contributed by atoms with Crippen molar-refractivity contribution in [3.63, 3.8) is 0 Å². The third kappa shape index (κ3) is 4.57. The summed E-state index contributed by atoms with van der Waals surface area (Å²) in [5.41, 5.74) is -0.423. The molecule has 0 aliphatic rings. The molecule has 0 N–H and O–H groups in total. The number of rotatable bonds is 5. The fourth-order valence-corrected chi connectivity index (χ4v) is 2.55. The molecule has 0 bridgehead atoms. The van der Waals surface area contributed by atoms with Crippen LogP contribution < -0.4 is 10.4 Å². The van der Waals surface area contributed by atoms with Crippen molar-refractivity contribution in [1.29, 1.82) is 5.26 Å². The van der Waals surface area contributed by atoms with Gasteiger partial charge in [0, 0.05) is 5.39 Å². The Labute approximate surface area is 165 Å². The predicted molar refractivity (Wildman–Crippen MR) is 104 cm³/mol. The van der Waals surface area contributed by atoms with Crippen molar-refractivity contribution in [2.45, 2.75) is 6.92 Å². The topological polar surface area (TPSA) is 107 Å². The normalized spacial score (nSPS) is 11.0. The molecule has 7 heteroatoms. The zero-order valence-corrected chi connectivity index (χ0v) is 15.4. The molecule has 0 amide bonds. The molecule has 2 aromatic carbocycles. The van der Waals surface area contributed by atoms with Crippen molar-refractivity contribution in [2.75, 3.05) is 6.61 Å². The second kappa shape index (κ2) is 8.67. The van der Waals surface area contributed by atoms with Gasteiger partial charge in [0.1, 0.15) is 28.5 Å². The van der Waals surface area contributed by atoms with E-state index in [2.05, 4.69) is 0 Å². The number of hydrogen-bond acceptors (Lipinski definition) is 7. The molecule has 1 heterocycles. The van der Waals surface area contributed by atoms with Gasteiger partial charge in [-0.2, -0.15) is 5.26 Å². The maximum absolute atomic E-state index is 12.4. The van der Waals surface area contributed by atoms with Crippen molar-refractivity contribution in [3.8, 4) is 11.8 Å². The zero-order valence-electron chi connectivity index (χ0n) is 15.4. The summed E-state index contributed by atoms with van der Waals surface area (Å²) in [6.45, 7) is 1.78. The zero-order chi connectivity index (χ0) is 20.8. The smallest absolute Gasteiger partial charge is 0.351 e. The summed E-state index contributed by atoms with van der Waals surface area (Å²) in [6.07, 6.45) is 1.32. The van der Waals surface area contributed by atoms with Crippen molar-refractivity contribution in [1.82, 2.24) is 0 Å². The Balaban J connectivity index is 1.86. The quantitative estimate of drug-likeness (QED) is 0.216. The van der Waals surface area contributed by atoms with Crippen LogP contribution in [0.25, 0.3) is 17.0 Å². The molecule has 1 aromatic heterocycles. The summed E-state index contributed by atoms with van der Waals surface area (Å²) in [7, 11) is 0. The number of benzene rings is 2. The highest BCUT2D eigenvalue weighted by Gasteiger charge is 2.16. The molecule has 0 fully saturated rings. The molecule has 0 aliphatic heterocycles. The Hall–Kier alpha value is -4.18. The van der Waals surface area contributed by atoms with E-state index in [0.717, 1.165) is 0 Å². The molecule has 0 saturated heterocycles. The summed E-state index contributed by atoms with van der Waals surface area (Å²) >= 11 is 0. The largest absolute Gasteiger partial charge is 0.462 e. The molecule has 29 heavy (non-hydrogen) atoms. The molecular formula is C22H15NO6. The molecular weight excluding hydrogens is 374 g/mol. The molecule has 0 saturated carbocycles. The number of carbonyl (C=O) groups excluding carboxylic acids is 2. The number of fused-ring (bicyclic) bond motifs is 1. The number of carbonyl (C=O) groups is 2. The van der Waals surface area contributed by atoms with E-state index in [1.54, 1.807) is 49.4 Å². The maximum Gasteiger partial charge on any atom is 0.351 e. The Morgan fingerprint density at radius 2 is 1.93 bits per heavy atom. The lowest BCUT2D eigenvalue weighted by molar-refractivity contribution is -0.137. The fourth-order valence-electron chi connectivity index (χ4n) is 2.55. The van der Waals surface area contributed by atoms with Crippen LogP contribution in [0.5, 0.6) is 5.75 Å². The molecule has 7 nitrogen and oxygen atoms in total. The van der Waals surface area contributed by atoms with Crippen molar-refractivity contribution >= 4 is 29.0 Å². The minimum atomic E-state index is -0.878.